The Kier molecular flexibility index (Phi) is 5.10. The molecule has 0 bridgehead atoms. The molecular weight excluding hydrogens is 398 g/mol. The first kappa shape index (κ1) is 19.2. The lowest BCUT2D eigenvalue weighted by Crippen LogP contribution is -2.33. The van der Waals surface area contributed by atoms with Crippen molar-refractivity contribution in [3.05, 3.63) is 52.0 Å². The first-order valence-corrected chi connectivity index (χ1v) is 9.80. The number of nitrogen functional groups attached to an aromatic ring is 1. The third kappa shape index (κ3) is 4.02. The van der Waals surface area contributed by atoms with Gasteiger partial charge in [-0.15, -0.1) is 21.5 Å². The second-order valence-corrected chi connectivity index (χ2v) is 7.99. The van der Waals surface area contributed by atoms with E-state index in [0.29, 0.717) is 13.1 Å². The maximum Gasteiger partial charge on any atom is 0.323 e. The lowest BCUT2D eigenvalue weighted by atomic mass is 10.1. The van der Waals surface area contributed by atoms with Gasteiger partial charge in [-0.2, -0.15) is 0 Å². The van der Waals surface area contributed by atoms with E-state index in [9.17, 15) is 13.6 Å². The molecule has 0 saturated carbocycles. The van der Waals surface area contributed by atoms with Gasteiger partial charge in [0.15, 0.2) is 5.82 Å². The Labute approximate surface area is 169 Å². The van der Waals surface area contributed by atoms with Crippen molar-refractivity contribution in [2.24, 2.45) is 0 Å². The molecule has 0 aliphatic carbocycles. The third-order valence-electron chi connectivity index (χ3n) is 4.73. The van der Waals surface area contributed by atoms with Gasteiger partial charge in [0.05, 0.1) is 11.4 Å². The number of rotatable bonds is 3. The summed E-state index contributed by atoms with van der Waals surface area (Å²) in [4.78, 5) is 18.6. The Morgan fingerprint density at radius 2 is 2.10 bits per heavy atom. The molecule has 0 radical (unpaired) electrons. The van der Waals surface area contributed by atoms with E-state index in [-0.39, 0.29) is 34.7 Å². The third-order valence-corrected chi connectivity index (χ3v) is 5.73. The normalized spacial score (nSPS) is 16.2. The van der Waals surface area contributed by atoms with Crippen molar-refractivity contribution in [1.82, 2.24) is 20.1 Å². The van der Waals surface area contributed by atoms with Crippen LogP contribution in [0.15, 0.2) is 30.3 Å². The number of nitrogens with one attached hydrogen (secondary N) is 1. The van der Waals surface area contributed by atoms with Gasteiger partial charge in [0.1, 0.15) is 21.6 Å². The second-order valence-electron chi connectivity index (χ2n) is 6.78. The Bertz CT molecular complexity index is 1070. The predicted molar refractivity (Wildman–Crippen MR) is 107 cm³/mol. The van der Waals surface area contributed by atoms with Gasteiger partial charge in [-0.05, 0) is 37.6 Å². The molecule has 10 heteroatoms. The van der Waals surface area contributed by atoms with Crippen LogP contribution in [0.25, 0.3) is 11.3 Å². The topological polar surface area (TPSA) is 97.0 Å². The number of halogens is 2. The summed E-state index contributed by atoms with van der Waals surface area (Å²) in [6.45, 7) is 2.99. The Hall–Kier alpha value is -3.14. The van der Waals surface area contributed by atoms with Crippen LogP contribution in [0.2, 0.25) is 0 Å². The summed E-state index contributed by atoms with van der Waals surface area (Å²) in [5.74, 6) is -1.14. The molecule has 4 rings (SSSR count). The smallest absolute Gasteiger partial charge is 0.323 e. The first-order chi connectivity index (χ1) is 13.9. The van der Waals surface area contributed by atoms with Crippen LogP contribution in [0.4, 0.5) is 25.1 Å². The second kappa shape index (κ2) is 7.70. The highest BCUT2D eigenvalue weighted by molar-refractivity contribution is 7.11. The molecule has 1 atom stereocenters. The summed E-state index contributed by atoms with van der Waals surface area (Å²) >= 11 is 1.53. The summed E-state index contributed by atoms with van der Waals surface area (Å²) in [7, 11) is 0. The number of anilines is 2. The molecule has 1 aliphatic heterocycles. The lowest BCUT2D eigenvalue weighted by Gasteiger charge is -2.18. The number of likely N-dealkylation sites (tertiary alicyclic amines) is 1. The van der Waals surface area contributed by atoms with E-state index in [2.05, 4.69) is 20.5 Å². The van der Waals surface area contributed by atoms with Crippen molar-refractivity contribution in [2.45, 2.75) is 19.3 Å². The van der Waals surface area contributed by atoms with Crippen molar-refractivity contribution in [3.63, 3.8) is 0 Å². The van der Waals surface area contributed by atoms with E-state index in [4.69, 9.17) is 5.73 Å². The molecule has 29 heavy (non-hydrogen) atoms. The van der Waals surface area contributed by atoms with Gasteiger partial charge < -0.3 is 10.6 Å². The summed E-state index contributed by atoms with van der Waals surface area (Å²) in [5.41, 5.74) is 6.55. The molecule has 3 aromatic rings. The van der Waals surface area contributed by atoms with E-state index in [0.717, 1.165) is 28.6 Å². The van der Waals surface area contributed by atoms with Gasteiger partial charge in [-0.1, -0.05) is 0 Å². The molecule has 3 N–H and O–H groups in total. The standard InChI is InChI=1S/C19H18F2N6OS/c1-10-25-26-18(29-10)11-6-7-27(9-11)19(28)24-17-15(22)4-5-16(23-17)13-3-2-12(20)8-14(13)21/h2-5,8,11H,6-7,9,22H2,1H3,(H,23,24,28). The number of hydrogen-bond donors (Lipinski definition) is 2. The van der Waals surface area contributed by atoms with Crippen LogP contribution >= 0.6 is 11.3 Å². The van der Waals surface area contributed by atoms with Crippen LogP contribution in [0, 0.1) is 18.6 Å². The zero-order valence-electron chi connectivity index (χ0n) is 15.5. The SMILES string of the molecule is Cc1nnc(C2CCN(C(=O)Nc3nc(-c4ccc(F)cc4F)ccc3N)C2)s1. The van der Waals surface area contributed by atoms with E-state index in [1.807, 2.05) is 6.92 Å². The molecule has 1 unspecified atom stereocenters. The van der Waals surface area contributed by atoms with Crippen molar-refractivity contribution in [3.8, 4) is 11.3 Å². The Morgan fingerprint density at radius 1 is 1.28 bits per heavy atom. The Morgan fingerprint density at radius 3 is 2.83 bits per heavy atom. The molecule has 1 fully saturated rings. The number of pyridine rings is 1. The van der Waals surface area contributed by atoms with Gasteiger partial charge >= 0.3 is 6.03 Å². The maximum absolute atomic E-state index is 14.1. The Balaban J connectivity index is 1.50. The average Bonchev–Trinajstić information content (AvgIpc) is 3.33. The van der Waals surface area contributed by atoms with Crippen molar-refractivity contribution in [1.29, 1.82) is 0 Å². The monoisotopic (exact) mass is 416 g/mol. The highest BCUT2D eigenvalue weighted by Crippen LogP contribution is 2.30. The fourth-order valence-corrected chi connectivity index (χ4v) is 4.05. The first-order valence-electron chi connectivity index (χ1n) is 8.98. The lowest BCUT2D eigenvalue weighted by molar-refractivity contribution is 0.222. The van der Waals surface area contributed by atoms with Gasteiger partial charge in [0.2, 0.25) is 0 Å². The van der Waals surface area contributed by atoms with E-state index in [1.165, 1.54) is 29.5 Å². The molecule has 0 spiro atoms. The van der Waals surface area contributed by atoms with E-state index in [1.54, 1.807) is 4.90 Å². The summed E-state index contributed by atoms with van der Waals surface area (Å²) in [6, 6.07) is 5.93. The minimum absolute atomic E-state index is 0.120. The van der Waals surface area contributed by atoms with Gasteiger partial charge in [0.25, 0.3) is 0 Å². The average molecular weight is 416 g/mol. The van der Waals surface area contributed by atoms with Crippen LogP contribution < -0.4 is 11.1 Å². The number of hydrogen-bond acceptors (Lipinski definition) is 6. The molecule has 7 nitrogen and oxygen atoms in total. The summed E-state index contributed by atoms with van der Waals surface area (Å²) < 4.78 is 27.2. The van der Waals surface area contributed by atoms with Crippen LogP contribution in [0.1, 0.15) is 22.4 Å². The quantitative estimate of drug-likeness (QED) is 0.677. The minimum Gasteiger partial charge on any atom is -0.396 e. The van der Waals surface area contributed by atoms with Gasteiger partial charge in [-0.25, -0.2) is 18.6 Å². The van der Waals surface area contributed by atoms with Crippen molar-refractivity contribution in [2.75, 3.05) is 24.1 Å². The predicted octanol–water partition coefficient (Wildman–Crippen LogP) is 3.79. The molecule has 2 amide bonds. The fourth-order valence-electron chi connectivity index (χ4n) is 3.22. The minimum atomic E-state index is -0.741. The number of nitrogens with zero attached hydrogens (tertiary/aromatic N) is 4. The van der Waals surface area contributed by atoms with E-state index >= 15 is 0 Å². The highest BCUT2D eigenvalue weighted by atomic mass is 32.1. The largest absolute Gasteiger partial charge is 0.396 e. The van der Waals surface area contributed by atoms with Crippen LogP contribution in [0.3, 0.4) is 0 Å². The highest BCUT2D eigenvalue weighted by Gasteiger charge is 2.30. The molecule has 3 heterocycles. The van der Waals surface area contributed by atoms with Crippen LogP contribution in [-0.2, 0) is 0 Å². The fraction of sp³-hybridized carbons (Fsp3) is 0.263. The number of aryl methyl sites for hydroxylation is 1. The molecule has 2 aromatic heterocycles. The molecule has 150 valence electrons. The number of urea groups is 1. The zero-order valence-corrected chi connectivity index (χ0v) is 16.3. The van der Waals surface area contributed by atoms with Crippen molar-refractivity contribution >= 4 is 28.9 Å². The number of aromatic nitrogens is 3. The summed E-state index contributed by atoms with van der Waals surface area (Å²) in [5, 5.41) is 12.7. The number of benzene rings is 1. The molecule has 1 saturated heterocycles. The number of carbonyl (C=O) groups excluding carboxylic acids is 1. The van der Waals surface area contributed by atoms with Gasteiger partial charge in [-0.3, -0.25) is 5.32 Å². The maximum atomic E-state index is 14.1. The number of nitrogens with two attached hydrogens (primary N) is 1. The number of carbonyl (C=O) groups is 1. The zero-order chi connectivity index (χ0) is 20.5. The van der Waals surface area contributed by atoms with Crippen LogP contribution in [0.5, 0.6) is 0 Å². The van der Waals surface area contributed by atoms with Gasteiger partial charge in [0, 0.05) is 30.6 Å². The molecule has 1 aliphatic rings. The number of amides is 2. The molecule has 1 aromatic carbocycles. The summed E-state index contributed by atoms with van der Waals surface area (Å²) in [6.07, 6.45) is 0.797. The van der Waals surface area contributed by atoms with Crippen molar-refractivity contribution < 1.29 is 13.6 Å². The molecular formula is C19H18F2N6OS. The van der Waals surface area contributed by atoms with E-state index < -0.39 is 11.6 Å². The van der Waals surface area contributed by atoms with Crippen LogP contribution in [-0.4, -0.2) is 39.2 Å².